The van der Waals surface area contributed by atoms with Gasteiger partial charge in [0.25, 0.3) is 0 Å². The van der Waals surface area contributed by atoms with Crippen LogP contribution in [0.25, 0.3) is 0 Å². The van der Waals surface area contributed by atoms with E-state index >= 15 is 0 Å². The van der Waals surface area contributed by atoms with Crippen LogP contribution in [0.5, 0.6) is 0 Å². The van der Waals surface area contributed by atoms with E-state index in [0.717, 1.165) is 0 Å². The van der Waals surface area contributed by atoms with Crippen molar-refractivity contribution in [1.29, 1.82) is 0 Å². The van der Waals surface area contributed by atoms with Crippen molar-refractivity contribution in [2.45, 2.75) is 19.0 Å². The summed E-state index contributed by atoms with van der Waals surface area (Å²) in [5, 5.41) is 8.13. The zero-order chi connectivity index (χ0) is 11.8. The lowest BCUT2D eigenvalue weighted by molar-refractivity contribution is -0.175. The fourth-order valence-electron chi connectivity index (χ4n) is 1.74. The van der Waals surface area contributed by atoms with Crippen molar-refractivity contribution in [3.05, 3.63) is 3.92 Å². The standard InChI is InChI=1S/C8H9BrF3N3S/c9-6-13-14-7(16-6)15-3-1-2-5(4-15)8(10,11)12/h5H,1-4H2. The van der Waals surface area contributed by atoms with Gasteiger partial charge in [-0.05, 0) is 28.8 Å². The number of aromatic nitrogens is 2. The summed E-state index contributed by atoms with van der Waals surface area (Å²) in [6.45, 7) is 0.610. The molecule has 0 spiro atoms. The minimum absolute atomic E-state index is 0.00880. The van der Waals surface area contributed by atoms with Gasteiger partial charge in [-0.25, -0.2) is 0 Å². The molecule has 1 aliphatic rings. The summed E-state index contributed by atoms with van der Waals surface area (Å²) in [5.74, 6) is -1.25. The Morgan fingerprint density at radius 2 is 2.12 bits per heavy atom. The molecule has 1 atom stereocenters. The molecule has 1 aromatic rings. The van der Waals surface area contributed by atoms with Crippen LogP contribution in [0, 0.1) is 5.92 Å². The Morgan fingerprint density at radius 3 is 2.69 bits per heavy atom. The van der Waals surface area contributed by atoms with Crippen molar-refractivity contribution in [3.8, 4) is 0 Å². The van der Waals surface area contributed by atoms with Gasteiger partial charge in [-0.1, -0.05) is 11.3 Å². The fourth-order valence-corrected chi connectivity index (χ4v) is 2.87. The van der Waals surface area contributed by atoms with E-state index in [4.69, 9.17) is 0 Å². The highest BCUT2D eigenvalue weighted by atomic mass is 79.9. The lowest BCUT2D eigenvalue weighted by atomic mass is 9.98. The molecule has 1 saturated heterocycles. The monoisotopic (exact) mass is 315 g/mol. The molecular formula is C8H9BrF3N3S. The van der Waals surface area contributed by atoms with Gasteiger partial charge in [0.05, 0.1) is 5.92 Å². The Kier molecular flexibility index (Phi) is 3.39. The Balaban J connectivity index is 2.07. The molecule has 1 fully saturated rings. The first-order valence-corrected chi connectivity index (χ1v) is 6.38. The predicted octanol–water partition coefficient (Wildman–Crippen LogP) is 3.08. The summed E-state index contributed by atoms with van der Waals surface area (Å²) in [6.07, 6.45) is -3.36. The maximum absolute atomic E-state index is 12.6. The van der Waals surface area contributed by atoms with E-state index in [1.807, 2.05) is 0 Å². The van der Waals surface area contributed by atoms with Crippen LogP contribution < -0.4 is 4.90 Å². The van der Waals surface area contributed by atoms with Gasteiger partial charge in [0.1, 0.15) is 0 Å². The number of piperidine rings is 1. The fraction of sp³-hybridized carbons (Fsp3) is 0.750. The largest absolute Gasteiger partial charge is 0.393 e. The second-order valence-corrected chi connectivity index (χ2v) is 5.90. The zero-order valence-corrected chi connectivity index (χ0v) is 10.6. The lowest BCUT2D eigenvalue weighted by Crippen LogP contribution is -2.41. The maximum Gasteiger partial charge on any atom is 0.393 e. The van der Waals surface area contributed by atoms with Gasteiger partial charge >= 0.3 is 6.18 Å². The van der Waals surface area contributed by atoms with Crippen molar-refractivity contribution in [2.24, 2.45) is 5.92 Å². The molecule has 0 aliphatic carbocycles. The number of rotatable bonds is 1. The molecule has 0 N–H and O–H groups in total. The predicted molar refractivity (Wildman–Crippen MR) is 58.6 cm³/mol. The summed E-state index contributed by atoms with van der Waals surface area (Å²) < 4.78 is 38.3. The van der Waals surface area contributed by atoms with Crippen molar-refractivity contribution >= 4 is 32.4 Å². The maximum atomic E-state index is 12.6. The molecule has 90 valence electrons. The first kappa shape index (κ1) is 12.1. The third-order valence-corrected chi connectivity index (χ3v) is 3.96. The third-order valence-electron chi connectivity index (χ3n) is 2.54. The van der Waals surface area contributed by atoms with Crippen molar-refractivity contribution in [3.63, 3.8) is 0 Å². The molecule has 0 amide bonds. The van der Waals surface area contributed by atoms with E-state index in [9.17, 15) is 13.2 Å². The minimum Gasteiger partial charge on any atom is -0.346 e. The van der Waals surface area contributed by atoms with Gasteiger partial charge in [0, 0.05) is 13.1 Å². The highest BCUT2D eigenvalue weighted by molar-refractivity contribution is 9.11. The second kappa shape index (κ2) is 4.48. The van der Waals surface area contributed by atoms with Crippen LogP contribution in [-0.4, -0.2) is 29.5 Å². The van der Waals surface area contributed by atoms with Gasteiger partial charge in [0.2, 0.25) is 5.13 Å². The molecule has 1 unspecified atom stereocenters. The number of nitrogens with zero attached hydrogens (tertiary/aromatic N) is 3. The first-order chi connectivity index (χ1) is 7.47. The molecule has 0 bridgehead atoms. The summed E-state index contributed by atoms with van der Waals surface area (Å²) in [7, 11) is 0. The molecule has 8 heteroatoms. The van der Waals surface area contributed by atoms with E-state index in [-0.39, 0.29) is 13.0 Å². The average molecular weight is 316 g/mol. The molecule has 0 saturated carbocycles. The molecule has 1 aromatic heterocycles. The molecule has 1 aliphatic heterocycles. The van der Waals surface area contributed by atoms with Gasteiger partial charge in [-0.15, -0.1) is 10.2 Å². The number of halogens is 4. The van der Waals surface area contributed by atoms with Crippen LogP contribution in [-0.2, 0) is 0 Å². The second-order valence-electron chi connectivity index (χ2n) is 3.66. The average Bonchev–Trinajstić information content (AvgIpc) is 2.64. The van der Waals surface area contributed by atoms with E-state index < -0.39 is 12.1 Å². The number of alkyl halides is 3. The molecule has 16 heavy (non-hydrogen) atoms. The number of hydrogen-bond acceptors (Lipinski definition) is 4. The zero-order valence-electron chi connectivity index (χ0n) is 8.17. The van der Waals surface area contributed by atoms with Gasteiger partial charge in [-0.2, -0.15) is 13.2 Å². The minimum atomic E-state index is -4.11. The van der Waals surface area contributed by atoms with Crippen LogP contribution in [0.1, 0.15) is 12.8 Å². The van der Waals surface area contributed by atoms with Crippen molar-refractivity contribution in [2.75, 3.05) is 18.0 Å². The van der Waals surface area contributed by atoms with E-state index in [0.29, 0.717) is 22.0 Å². The molecular weight excluding hydrogens is 307 g/mol. The molecule has 0 aromatic carbocycles. The van der Waals surface area contributed by atoms with Gasteiger partial charge in [-0.3, -0.25) is 0 Å². The van der Waals surface area contributed by atoms with Gasteiger partial charge in [0.15, 0.2) is 3.92 Å². The van der Waals surface area contributed by atoms with Crippen LogP contribution in [0.15, 0.2) is 3.92 Å². The number of hydrogen-bond donors (Lipinski definition) is 0. The van der Waals surface area contributed by atoms with E-state index in [1.165, 1.54) is 11.3 Å². The van der Waals surface area contributed by atoms with Crippen molar-refractivity contribution < 1.29 is 13.2 Å². The highest BCUT2D eigenvalue weighted by Crippen LogP contribution is 2.35. The summed E-state index contributed by atoms with van der Waals surface area (Å²) in [4.78, 5) is 1.66. The van der Waals surface area contributed by atoms with Crippen LogP contribution in [0.3, 0.4) is 0 Å². The van der Waals surface area contributed by atoms with Crippen LogP contribution in [0.4, 0.5) is 18.3 Å². The quantitative estimate of drug-likeness (QED) is 0.797. The van der Waals surface area contributed by atoms with Crippen LogP contribution >= 0.6 is 27.3 Å². The molecule has 0 radical (unpaired) electrons. The number of anilines is 1. The Bertz CT molecular complexity index is 368. The Hall–Kier alpha value is -0.370. The molecule has 2 heterocycles. The van der Waals surface area contributed by atoms with E-state index in [1.54, 1.807) is 4.90 Å². The smallest absolute Gasteiger partial charge is 0.346 e. The lowest BCUT2D eigenvalue weighted by Gasteiger charge is -2.33. The normalized spacial score (nSPS) is 22.5. The molecule has 3 nitrogen and oxygen atoms in total. The third kappa shape index (κ3) is 2.65. The summed E-state index contributed by atoms with van der Waals surface area (Å²) in [5.41, 5.74) is 0. The van der Waals surface area contributed by atoms with Gasteiger partial charge < -0.3 is 4.90 Å². The summed E-state index contributed by atoms with van der Waals surface area (Å²) in [6, 6.07) is 0. The molecule has 2 rings (SSSR count). The Labute approximate surface area is 103 Å². The topological polar surface area (TPSA) is 29.0 Å². The summed E-state index contributed by atoms with van der Waals surface area (Å²) >= 11 is 4.41. The SMILES string of the molecule is FC(F)(F)C1CCCN(c2nnc(Br)s2)C1. The first-order valence-electron chi connectivity index (χ1n) is 4.77. The van der Waals surface area contributed by atoms with E-state index in [2.05, 4.69) is 26.1 Å². The van der Waals surface area contributed by atoms with Crippen LogP contribution in [0.2, 0.25) is 0 Å². The highest BCUT2D eigenvalue weighted by Gasteiger charge is 2.42. The Morgan fingerprint density at radius 1 is 1.38 bits per heavy atom. The van der Waals surface area contributed by atoms with Crippen molar-refractivity contribution in [1.82, 2.24) is 10.2 Å².